The van der Waals surface area contributed by atoms with Gasteiger partial charge in [-0.3, -0.25) is 19.4 Å². The van der Waals surface area contributed by atoms with E-state index in [1.807, 2.05) is 47.7 Å². The summed E-state index contributed by atoms with van der Waals surface area (Å²) in [6.45, 7) is 5.88. The number of para-hydroxylation sites is 2. The molecule has 0 saturated carbocycles. The minimum absolute atomic E-state index is 0.0850. The van der Waals surface area contributed by atoms with Crippen molar-refractivity contribution in [2.45, 2.75) is 32.4 Å². The second kappa shape index (κ2) is 6.61. The van der Waals surface area contributed by atoms with E-state index in [-0.39, 0.29) is 24.4 Å². The quantitative estimate of drug-likeness (QED) is 0.911. The standard InChI is InChI=1S/C19H23N3O2S/c1-13(16-10-7-11-25-16)21(4)12-17(23)22-15-9-6-5-8-14(15)20-18(24)19(22,2)3/h5-11,13H,12H2,1-4H3,(H,20,24). The van der Waals surface area contributed by atoms with Crippen molar-refractivity contribution in [2.24, 2.45) is 0 Å². The molecule has 5 nitrogen and oxygen atoms in total. The SMILES string of the molecule is CC(c1cccs1)N(C)CC(=O)N1c2ccccc2NC(=O)C1(C)C. The van der Waals surface area contributed by atoms with Gasteiger partial charge in [0.25, 0.3) is 0 Å². The normalized spacial score (nSPS) is 17.2. The van der Waals surface area contributed by atoms with Crippen LogP contribution in [0.25, 0.3) is 0 Å². The molecule has 0 fully saturated rings. The summed E-state index contributed by atoms with van der Waals surface area (Å²) in [4.78, 5) is 30.4. The molecule has 1 aliphatic heterocycles. The molecular formula is C19H23N3O2S. The Balaban J connectivity index is 1.86. The third-order valence-electron chi connectivity index (χ3n) is 4.76. The van der Waals surface area contributed by atoms with Crippen molar-refractivity contribution >= 4 is 34.5 Å². The number of carbonyl (C=O) groups excluding carboxylic acids is 2. The molecule has 2 heterocycles. The average Bonchev–Trinajstić information content (AvgIpc) is 3.09. The van der Waals surface area contributed by atoms with E-state index in [0.29, 0.717) is 5.69 Å². The summed E-state index contributed by atoms with van der Waals surface area (Å²) in [5, 5.41) is 4.93. The second-order valence-corrected chi connectivity index (χ2v) is 7.85. The molecule has 132 valence electrons. The number of hydrogen-bond donors (Lipinski definition) is 1. The molecule has 0 spiro atoms. The van der Waals surface area contributed by atoms with Gasteiger partial charge in [0, 0.05) is 10.9 Å². The molecule has 1 aliphatic rings. The predicted octanol–water partition coefficient (Wildman–Crippen LogP) is 3.50. The molecule has 6 heteroatoms. The van der Waals surface area contributed by atoms with Crippen LogP contribution < -0.4 is 10.2 Å². The predicted molar refractivity (Wildman–Crippen MR) is 102 cm³/mol. The minimum Gasteiger partial charge on any atom is -0.322 e. The van der Waals surface area contributed by atoms with Crippen LogP contribution >= 0.6 is 11.3 Å². The molecule has 0 radical (unpaired) electrons. The molecule has 1 aromatic heterocycles. The van der Waals surface area contributed by atoms with Crippen molar-refractivity contribution in [3.05, 3.63) is 46.7 Å². The molecule has 1 atom stereocenters. The fourth-order valence-electron chi connectivity index (χ4n) is 3.07. The first-order valence-corrected chi connectivity index (χ1v) is 9.17. The Bertz CT molecular complexity index is 786. The van der Waals surface area contributed by atoms with E-state index < -0.39 is 5.54 Å². The van der Waals surface area contributed by atoms with Gasteiger partial charge in [-0.15, -0.1) is 11.3 Å². The number of nitrogens with zero attached hydrogens (tertiary/aromatic N) is 2. The van der Waals surface area contributed by atoms with Crippen LogP contribution in [-0.4, -0.2) is 35.8 Å². The summed E-state index contributed by atoms with van der Waals surface area (Å²) in [6.07, 6.45) is 0. The highest BCUT2D eigenvalue weighted by molar-refractivity contribution is 7.10. The maximum atomic E-state index is 13.1. The molecule has 1 aromatic carbocycles. The van der Waals surface area contributed by atoms with Crippen LogP contribution in [0.1, 0.15) is 31.7 Å². The van der Waals surface area contributed by atoms with Gasteiger partial charge in [-0.05, 0) is 51.4 Å². The van der Waals surface area contributed by atoms with E-state index in [4.69, 9.17) is 0 Å². The lowest BCUT2D eigenvalue weighted by molar-refractivity contribution is -0.127. The smallest absolute Gasteiger partial charge is 0.250 e. The van der Waals surface area contributed by atoms with Crippen molar-refractivity contribution in [3.63, 3.8) is 0 Å². The molecule has 25 heavy (non-hydrogen) atoms. The van der Waals surface area contributed by atoms with Gasteiger partial charge >= 0.3 is 0 Å². The molecule has 0 bridgehead atoms. The Hall–Kier alpha value is -2.18. The second-order valence-electron chi connectivity index (χ2n) is 6.87. The van der Waals surface area contributed by atoms with Crippen LogP contribution in [0.3, 0.4) is 0 Å². The van der Waals surface area contributed by atoms with Crippen LogP contribution in [0, 0.1) is 0 Å². The lowest BCUT2D eigenvalue weighted by Crippen LogP contribution is -2.60. The first-order chi connectivity index (χ1) is 11.8. The number of benzene rings is 1. The molecule has 3 rings (SSSR count). The molecule has 1 N–H and O–H groups in total. The Morgan fingerprint density at radius 1 is 1.28 bits per heavy atom. The van der Waals surface area contributed by atoms with Gasteiger partial charge in [0.15, 0.2) is 0 Å². The lowest BCUT2D eigenvalue weighted by Gasteiger charge is -2.42. The van der Waals surface area contributed by atoms with Crippen LogP contribution in [0.5, 0.6) is 0 Å². The minimum atomic E-state index is -0.932. The fraction of sp³-hybridized carbons (Fsp3) is 0.368. The Kier molecular flexibility index (Phi) is 4.67. The lowest BCUT2D eigenvalue weighted by atomic mass is 9.96. The summed E-state index contributed by atoms with van der Waals surface area (Å²) < 4.78 is 0. The van der Waals surface area contributed by atoms with E-state index >= 15 is 0 Å². The number of fused-ring (bicyclic) bond motifs is 1. The molecule has 0 aliphatic carbocycles. The van der Waals surface area contributed by atoms with E-state index in [9.17, 15) is 9.59 Å². The number of carbonyl (C=O) groups is 2. The van der Waals surface area contributed by atoms with Gasteiger partial charge in [-0.1, -0.05) is 18.2 Å². The molecular weight excluding hydrogens is 334 g/mol. The zero-order chi connectivity index (χ0) is 18.2. The average molecular weight is 357 g/mol. The Labute approximate surface area is 152 Å². The summed E-state index contributed by atoms with van der Waals surface area (Å²) in [5.41, 5.74) is 0.488. The third kappa shape index (κ3) is 3.19. The van der Waals surface area contributed by atoms with Crippen molar-refractivity contribution in [3.8, 4) is 0 Å². The van der Waals surface area contributed by atoms with Gasteiger partial charge in [0.2, 0.25) is 11.8 Å². The number of likely N-dealkylation sites (N-methyl/N-ethyl adjacent to an activating group) is 1. The third-order valence-corrected chi connectivity index (χ3v) is 5.80. The van der Waals surface area contributed by atoms with Crippen molar-refractivity contribution in [1.29, 1.82) is 0 Å². The Morgan fingerprint density at radius 3 is 2.68 bits per heavy atom. The van der Waals surface area contributed by atoms with Crippen LogP contribution in [0.15, 0.2) is 41.8 Å². The Morgan fingerprint density at radius 2 is 2.00 bits per heavy atom. The largest absolute Gasteiger partial charge is 0.322 e. The van der Waals surface area contributed by atoms with Crippen molar-refractivity contribution in [1.82, 2.24) is 4.90 Å². The highest BCUT2D eigenvalue weighted by Gasteiger charge is 2.43. The van der Waals surface area contributed by atoms with Gasteiger partial charge in [-0.2, -0.15) is 0 Å². The van der Waals surface area contributed by atoms with Crippen LogP contribution in [-0.2, 0) is 9.59 Å². The van der Waals surface area contributed by atoms with E-state index in [1.165, 1.54) is 4.88 Å². The molecule has 2 amide bonds. The summed E-state index contributed by atoms with van der Waals surface area (Å²) in [6, 6.07) is 11.7. The van der Waals surface area contributed by atoms with Crippen LogP contribution in [0.2, 0.25) is 0 Å². The summed E-state index contributed by atoms with van der Waals surface area (Å²) in [5.74, 6) is -0.258. The van der Waals surface area contributed by atoms with Crippen molar-refractivity contribution in [2.75, 3.05) is 23.8 Å². The number of anilines is 2. The zero-order valence-electron chi connectivity index (χ0n) is 14.9. The van der Waals surface area contributed by atoms with E-state index in [2.05, 4.69) is 18.3 Å². The topological polar surface area (TPSA) is 52.7 Å². The van der Waals surface area contributed by atoms with Crippen LogP contribution in [0.4, 0.5) is 11.4 Å². The number of thiophene rings is 1. The molecule has 1 unspecified atom stereocenters. The number of amides is 2. The maximum absolute atomic E-state index is 13.1. The van der Waals surface area contributed by atoms with Gasteiger partial charge in [0.1, 0.15) is 5.54 Å². The highest BCUT2D eigenvalue weighted by Crippen LogP contribution is 2.37. The van der Waals surface area contributed by atoms with E-state index in [1.54, 1.807) is 30.1 Å². The van der Waals surface area contributed by atoms with Gasteiger partial charge in [0.05, 0.1) is 17.9 Å². The maximum Gasteiger partial charge on any atom is 0.250 e. The first kappa shape index (κ1) is 17.6. The fourth-order valence-corrected chi connectivity index (χ4v) is 3.91. The van der Waals surface area contributed by atoms with E-state index in [0.717, 1.165) is 5.69 Å². The monoisotopic (exact) mass is 357 g/mol. The number of rotatable bonds is 4. The highest BCUT2D eigenvalue weighted by atomic mass is 32.1. The number of hydrogen-bond acceptors (Lipinski definition) is 4. The molecule has 2 aromatic rings. The zero-order valence-corrected chi connectivity index (χ0v) is 15.8. The molecule has 0 saturated heterocycles. The summed E-state index contributed by atoms with van der Waals surface area (Å²) in [7, 11) is 1.94. The van der Waals surface area contributed by atoms with Gasteiger partial charge < -0.3 is 5.32 Å². The van der Waals surface area contributed by atoms with Crippen molar-refractivity contribution < 1.29 is 9.59 Å². The first-order valence-electron chi connectivity index (χ1n) is 8.29. The summed E-state index contributed by atoms with van der Waals surface area (Å²) >= 11 is 1.68. The van der Waals surface area contributed by atoms with Gasteiger partial charge in [-0.25, -0.2) is 0 Å². The number of nitrogens with one attached hydrogen (secondary N) is 1.